The summed E-state index contributed by atoms with van der Waals surface area (Å²) in [6.07, 6.45) is 3.84. The van der Waals surface area contributed by atoms with Crippen molar-refractivity contribution in [2.75, 3.05) is 12.3 Å². The van der Waals surface area contributed by atoms with Crippen molar-refractivity contribution in [3.05, 3.63) is 42.9 Å². The molecule has 0 bridgehead atoms. The second-order valence-corrected chi connectivity index (χ2v) is 6.66. The first-order chi connectivity index (χ1) is 9.69. The van der Waals surface area contributed by atoms with E-state index < -0.39 is 0 Å². The highest BCUT2D eigenvalue weighted by atomic mass is 32.1. The summed E-state index contributed by atoms with van der Waals surface area (Å²) >= 11 is 3.35. The Morgan fingerprint density at radius 3 is 2.95 bits per heavy atom. The van der Waals surface area contributed by atoms with Crippen molar-refractivity contribution in [1.29, 1.82) is 0 Å². The lowest BCUT2D eigenvalue weighted by molar-refractivity contribution is 0.834. The number of aryl methyl sites for hydroxylation is 4. The van der Waals surface area contributed by atoms with Crippen LogP contribution in [0.25, 0.3) is 10.4 Å². The highest BCUT2D eigenvalue weighted by Crippen LogP contribution is 2.25. The molecule has 0 aliphatic rings. The number of hydrogen-bond acceptors (Lipinski definition) is 5. The summed E-state index contributed by atoms with van der Waals surface area (Å²) in [5.74, 6) is 0. The summed E-state index contributed by atoms with van der Waals surface area (Å²) in [4.78, 5) is 9.83. The van der Waals surface area contributed by atoms with E-state index in [1.165, 1.54) is 26.7 Å². The van der Waals surface area contributed by atoms with Crippen LogP contribution in [0.2, 0.25) is 0 Å². The predicted molar refractivity (Wildman–Crippen MR) is 85.3 cm³/mol. The zero-order chi connectivity index (χ0) is 14.4. The lowest BCUT2D eigenvalue weighted by Crippen LogP contribution is -1.90. The third-order valence-corrected chi connectivity index (χ3v) is 5.07. The number of thiazole rings is 1. The average Bonchev–Trinajstić information content (AvgIpc) is 2.99. The molecule has 20 heavy (non-hydrogen) atoms. The monoisotopic (exact) mass is 307 g/mol. The SMILES string of the molecule is Cc1cc(CCc2csc(N)n2)sc1CCCN=[N+]=[N-]. The second-order valence-electron chi connectivity index (χ2n) is 4.55. The van der Waals surface area contributed by atoms with E-state index in [-0.39, 0.29) is 0 Å². The van der Waals surface area contributed by atoms with Gasteiger partial charge in [0.1, 0.15) is 0 Å². The normalized spacial score (nSPS) is 10.4. The summed E-state index contributed by atoms with van der Waals surface area (Å²) in [7, 11) is 0. The fraction of sp³-hybridized carbons (Fsp3) is 0.462. The molecule has 0 atom stereocenters. The molecule has 2 N–H and O–H groups in total. The summed E-state index contributed by atoms with van der Waals surface area (Å²) in [5.41, 5.74) is 16.3. The Hall–Kier alpha value is -1.56. The Balaban J connectivity index is 1.88. The van der Waals surface area contributed by atoms with Crippen molar-refractivity contribution in [2.24, 2.45) is 5.11 Å². The number of nitrogens with two attached hydrogens (primary N) is 1. The van der Waals surface area contributed by atoms with Crippen LogP contribution in [0.15, 0.2) is 16.6 Å². The molecule has 0 unspecified atom stereocenters. The highest BCUT2D eigenvalue weighted by molar-refractivity contribution is 7.13. The topological polar surface area (TPSA) is 87.7 Å². The fourth-order valence-electron chi connectivity index (χ4n) is 2.01. The third-order valence-electron chi connectivity index (χ3n) is 2.99. The summed E-state index contributed by atoms with van der Waals surface area (Å²) in [6.45, 7) is 2.71. The molecule has 0 aromatic carbocycles. The maximum Gasteiger partial charge on any atom is 0.180 e. The predicted octanol–water partition coefficient (Wildman–Crippen LogP) is 4.12. The molecule has 0 spiro atoms. The van der Waals surface area contributed by atoms with Crippen molar-refractivity contribution < 1.29 is 0 Å². The minimum Gasteiger partial charge on any atom is -0.375 e. The summed E-state index contributed by atoms with van der Waals surface area (Å²) in [5, 5.41) is 6.23. The molecule has 0 radical (unpaired) electrons. The van der Waals surface area contributed by atoms with E-state index in [1.807, 2.05) is 16.7 Å². The number of aromatic nitrogens is 1. The second kappa shape index (κ2) is 7.28. The van der Waals surface area contributed by atoms with E-state index in [0.29, 0.717) is 11.7 Å². The van der Waals surface area contributed by atoms with Crippen LogP contribution in [0, 0.1) is 6.92 Å². The van der Waals surface area contributed by atoms with Gasteiger partial charge in [0, 0.05) is 26.6 Å². The number of nitrogen functional groups attached to an aromatic ring is 1. The van der Waals surface area contributed by atoms with Crippen LogP contribution < -0.4 is 5.73 Å². The molecule has 5 nitrogen and oxygen atoms in total. The van der Waals surface area contributed by atoms with Gasteiger partial charge in [0.15, 0.2) is 5.13 Å². The molecule has 2 aromatic rings. The molecule has 0 fully saturated rings. The Morgan fingerprint density at radius 2 is 2.25 bits per heavy atom. The quantitative estimate of drug-likeness (QED) is 0.361. The minimum atomic E-state index is 0.571. The smallest absolute Gasteiger partial charge is 0.180 e. The molecular formula is C13H17N5S2. The zero-order valence-corrected chi connectivity index (χ0v) is 13.0. The molecular weight excluding hydrogens is 290 g/mol. The van der Waals surface area contributed by atoms with Gasteiger partial charge >= 0.3 is 0 Å². The van der Waals surface area contributed by atoms with Crippen LogP contribution in [0.5, 0.6) is 0 Å². The van der Waals surface area contributed by atoms with Crippen LogP contribution in [0.3, 0.4) is 0 Å². The van der Waals surface area contributed by atoms with Crippen LogP contribution >= 0.6 is 22.7 Å². The van der Waals surface area contributed by atoms with E-state index in [1.54, 1.807) is 0 Å². The van der Waals surface area contributed by atoms with Crippen molar-refractivity contribution in [2.45, 2.75) is 32.6 Å². The molecule has 106 valence electrons. The van der Waals surface area contributed by atoms with Gasteiger partial charge in [-0.3, -0.25) is 0 Å². The number of thiophene rings is 1. The van der Waals surface area contributed by atoms with E-state index >= 15 is 0 Å². The average molecular weight is 307 g/mol. The molecule has 2 aromatic heterocycles. The van der Waals surface area contributed by atoms with Gasteiger partial charge in [-0.25, -0.2) is 4.98 Å². The maximum absolute atomic E-state index is 8.25. The van der Waals surface area contributed by atoms with E-state index in [4.69, 9.17) is 11.3 Å². The lowest BCUT2D eigenvalue weighted by atomic mass is 10.1. The molecule has 0 amide bonds. The largest absolute Gasteiger partial charge is 0.375 e. The van der Waals surface area contributed by atoms with Gasteiger partial charge in [0.25, 0.3) is 0 Å². The van der Waals surface area contributed by atoms with Crippen molar-refractivity contribution >= 4 is 27.8 Å². The van der Waals surface area contributed by atoms with Gasteiger partial charge in [-0.05, 0) is 49.8 Å². The Labute approximate surface area is 126 Å². The Kier molecular flexibility index (Phi) is 5.40. The van der Waals surface area contributed by atoms with Crippen molar-refractivity contribution in [3.63, 3.8) is 0 Å². The van der Waals surface area contributed by atoms with Crippen LogP contribution in [-0.4, -0.2) is 11.5 Å². The van der Waals surface area contributed by atoms with Crippen LogP contribution in [0.4, 0.5) is 5.13 Å². The standard InChI is InChI=1S/C13H17N5S2/c1-9-7-11(5-4-10-8-19-13(14)17-10)20-12(9)3-2-6-16-18-15/h7-8H,2-6H2,1H3,(H2,14,17). The molecule has 0 saturated carbocycles. The first-order valence-electron chi connectivity index (χ1n) is 6.48. The van der Waals surface area contributed by atoms with Gasteiger partial charge in [-0.2, -0.15) is 0 Å². The fourth-order valence-corrected chi connectivity index (χ4v) is 3.83. The first kappa shape index (κ1) is 14.8. The van der Waals surface area contributed by atoms with Gasteiger partial charge in [-0.1, -0.05) is 5.11 Å². The highest BCUT2D eigenvalue weighted by Gasteiger charge is 2.07. The van der Waals surface area contributed by atoms with Gasteiger partial charge in [0.05, 0.1) is 5.69 Å². The molecule has 2 heterocycles. The number of anilines is 1. The van der Waals surface area contributed by atoms with Crippen LogP contribution in [-0.2, 0) is 19.3 Å². The molecule has 7 heteroatoms. The zero-order valence-electron chi connectivity index (χ0n) is 11.4. The number of nitrogens with zero attached hydrogens (tertiary/aromatic N) is 4. The maximum atomic E-state index is 8.25. The third kappa shape index (κ3) is 4.23. The van der Waals surface area contributed by atoms with Gasteiger partial charge in [0.2, 0.25) is 0 Å². The van der Waals surface area contributed by atoms with E-state index in [9.17, 15) is 0 Å². The van der Waals surface area contributed by atoms with E-state index in [2.05, 4.69) is 28.0 Å². The van der Waals surface area contributed by atoms with Crippen molar-refractivity contribution in [3.8, 4) is 0 Å². The Morgan fingerprint density at radius 1 is 1.40 bits per heavy atom. The van der Waals surface area contributed by atoms with E-state index in [0.717, 1.165) is 31.4 Å². The molecule has 0 aliphatic heterocycles. The van der Waals surface area contributed by atoms with Crippen LogP contribution in [0.1, 0.15) is 27.4 Å². The van der Waals surface area contributed by atoms with Gasteiger partial charge < -0.3 is 5.73 Å². The molecule has 0 saturated heterocycles. The summed E-state index contributed by atoms with van der Waals surface area (Å²) in [6, 6.07) is 2.25. The van der Waals surface area contributed by atoms with Gasteiger partial charge in [-0.15, -0.1) is 22.7 Å². The summed E-state index contributed by atoms with van der Waals surface area (Å²) < 4.78 is 0. The number of rotatable bonds is 7. The number of azide groups is 1. The minimum absolute atomic E-state index is 0.571. The Bertz CT molecular complexity index is 610. The first-order valence-corrected chi connectivity index (χ1v) is 8.17. The molecule has 0 aliphatic carbocycles. The molecule has 2 rings (SSSR count). The number of hydrogen-bond donors (Lipinski definition) is 1. The lowest BCUT2D eigenvalue weighted by Gasteiger charge is -1.96. The van der Waals surface area contributed by atoms with Crippen molar-refractivity contribution in [1.82, 2.24) is 4.98 Å².